The first-order valence-electron chi connectivity index (χ1n) is 8.43. The van der Waals surface area contributed by atoms with Crippen LogP contribution in [0.2, 0.25) is 0 Å². The maximum Gasteiger partial charge on any atom is 0.0627 e. The Morgan fingerprint density at radius 1 is 1.21 bits per heavy atom. The van der Waals surface area contributed by atoms with Gasteiger partial charge in [-0.25, -0.2) is 0 Å². The molecule has 3 atom stereocenters. The standard InChI is InChI=1S/C17H31NO/c1-4-16(2,3)11-15-13-7-10-17(8-5-6-9-17)18-14(13)12-19-15/h13-15,18H,4-12H2,1-3H3. The van der Waals surface area contributed by atoms with Gasteiger partial charge in [0.05, 0.1) is 12.7 Å². The molecule has 110 valence electrons. The highest BCUT2D eigenvalue weighted by Gasteiger charge is 2.48. The molecular formula is C17H31NO. The first kappa shape index (κ1) is 13.9. The van der Waals surface area contributed by atoms with E-state index in [0.29, 0.717) is 23.1 Å². The molecule has 3 aliphatic rings. The molecule has 3 fully saturated rings. The zero-order valence-corrected chi connectivity index (χ0v) is 13.0. The number of hydrogen-bond donors (Lipinski definition) is 1. The third kappa shape index (κ3) is 2.71. The third-order valence-corrected chi connectivity index (χ3v) is 6.20. The van der Waals surface area contributed by atoms with E-state index in [1.807, 2.05) is 0 Å². The topological polar surface area (TPSA) is 21.3 Å². The minimum Gasteiger partial charge on any atom is -0.376 e. The van der Waals surface area contributed by atoms with Crippen LogP contribution in [0.15, 0.2) is 0 Å². The summed E-state index contributed by atoms with van der Waals surface area (Å²) in [4.78, 5) is 0. The molecule has 1 aliphatic carbocycles. The van der Waals surface area contributed by atoms with Crippen molar-refractivity contribution in [1.29, 1.82) is 0 Å². The van der Waals surface area contributed by atoms with Crippen molar-refractivity contribution in [3.05, 3.63) is 0 Å². The lowest BCUT2D eigenvalue weighted by Gasteiger charge is -2.42. The predicted molar refractivity (Wildman–Crippen MR) is 79.3 cm³/mol. The van der Waals surface area contributed by atoms with Gasteiger partial charge in [-0.05, 0) is 37.5 Å². The maximum absolute atomic E-state index is 6.18. The molecule has 0 radical (unpaired) electrons. The lowest BCUT2D eigenvalue weighted by molar-refractivity contribution is 0.0463. The summed E-state index contributed by atoms with van der Waals surface area (Å²) >= 11 is 0. The first-order valence-corrected chi connectivity index (χ1v) is 8.43. The van der Waals surface area contributed by atoms with E-state index in [1.165, 1.54) is 51.4 Å². The van der Waals surface area contributed by atoms with E-state index in [-0.39, 0.29) is 0 Å². The quantitative estimate of drug-likeness (QED) is 0.836. The molecule has 0 bridgehead atoms. The Bertz CT molecular complexity index is 319. The van der Waals surface area contributed by atoms with Crippen LogP contribution in [0.5, 0.6) is 0 Å². The van der Waals surface area contributed by atoms with E-state index in [2.05, 4.69) is 26.1 Å². The van der Waals surface area contributed by atoms with E-state index in [9.17, 15) is 0 Å². The Labute approximate surface area is 118 Å². The van der Waals surface area contributed by atoms with Crippen molar-refractivity contribution in [3.63, 3.8) is 0 Å². The minimum atomic E-state index is 0.433. The van der Waals surface area contributed by atoms with Crippen molar-refractivity contribution >= 4 is 0 Å². The second-order valence-electron chi connectivity index (χ2n) is 8.03. The van der Waals surface area contributed by atoms with Crippen LogP contribution in [0.3, 0.4) is 0 Å². The van der Waals surface area contributed by atoms with Gasteiger partial charge >= 0.3 is 0 Å². The van der Waals surface area contributed by atoms with Crippen molar-refractivity contribution < 1.29 is 4.74 Å². The van der Waals surface area contributed by atoms with Crippen LogP contribution in [-0.4, -0.2) is 24.3 Å². The molecule has 1 spiro atoms. The van der Waals surface area contributed by atoms with Gasteiger partial charge in [-0.2, -0.15) is 0 Å². The van der Waals surface area contributed by atoms with Crippen LogP contribution >= 0.6 is 0 Å². The monoisotopic (exact) mass is 265 g/mol. The summed E-state index contributed by atoms with van der Waals surface area (Å²) < 4.78 is 6.18. The molecule has 0 aromatic heterocycles. The number of rotatable bonds is 3. The highest BCUT2D eigenvalue weighted by molar-refractivity contribution is 5.04. The molecule has 19 heavy (non-hydrogen) atoms. The van der Waals surface area contributed by atoms with Crippen LogP contribution in [-0.2, 0) is 4.74 Å². The molecule has 2 nitrogen and oxygen atoms in total. The maximum atomic E-state index is 6.18. The van der Waals surface area contributed by atoms with Gasteiger partial charge < -0.3 is 10.1 Å². The van der Waals surface area contributed by atoms with E-state index in [1.54, 1.807) is 0 Å². The molecule has 2 saturated heterocycles. The molecule has 3 unspecified atom stereocenters. The SMILES string of the molecule is CCC(C)(C)CC1OCC2NC3(CCCC3)CCC21. The second-order valence-corrected chi connectivity index (χ2v) is 8.03. The van der Waals surface area contributed by atoms with Gasteiger partial charge in [-0.1, -0.05) is 40.0 Å². The molecule has 2 heterocycles. The van der Waals surface area contributed by atoms with Crippen LogP contribution in [0.25, 0.3) is 0 Å². The van der Waals surface area contributed by atoms with E-state index in [0.717, 1.165) is 12.5 Å². The van der Waals surface area contributed by atoms with Crippen LogP contribution in [0, 0.1) is 11.3 Å². The van der Waals surface area contributed by atoms with Crippen molar-refractivity contribution in [1.82, 2.24) is 5.32 Å². The van der Waals surface area contributed by atoms with Crippen LogP contribution in [0.1, 0.15) is 72.1 Å². The Balaban J connectivity index is 1.62. The van der Waals surface area contributed by atoms with Crippen molar-refractivity contribution in [2.75, 3.05) is 6.61 Å². The summed E-state index contributed by atoms with van der Waals surface area (Å²) in [5.74, 6) is 0.775. The zero-order valence-electron chi connectivity index (χ0n) is 13.0. The fourth-order valence-corrected chi connectivity index (χ4v) is 4.52. The summed E-state index contributed by atoms with van der Waals surface area (Å²) in [6, 6.07) is 0.643. The molecule has 0 aromatic carbocycles. The van der Waals surface area contributed by atoms with Crippen molar-refractivity contribution in [2.24, 2.45) is 11.3 Å². The summed E-state index contributed by atoms with van der Waals surface area (Å²) in [5.41, 5.74) is 0.932. The fourth-order valence-electron chi connectivity index (χ4n) is 4.52. The number of nitrogens with one attached hydrogen (secondary N) is 1. The van der Waals surface area contributed by atoms with Crippen molar-refractivity contribution in [3.8, 4) is 0 Å². The molecule has 2 heteroatoms. The highest BCUT2D eigenvalue weighted by Crippen LogP contribution is 2.44. The summed E-state index contributed by atoms with van der Waals surface area (Å²) in [5, 5.41) is 4.00. The number of ether oxygens (including phenoxy) is 1. The van der Waals surface area contributed by atoms with Crippen LogP contribution < -0.4 is 5.32 Å². The molecule has 3 rings (SSSR count). The van der Waals surface area contributed by atoms with E-state index < -0.39 is 0 Å². The predicted octanol–water partition coefficient (Wildman–Crippen LogP) is 3.89. The highest BCUT2D eigenvalue weighted by atomic mass is 16.5. The van der Waals surface area contributed by atoms with E-state index >= 15 is 0 Å². The van der Waals surface area contributed by atoms with Gasteiger partial charge in [0.25, 0.3) is 0 Å². The van der Waals surface area contributed by atoms with Gasteiger partial charge in [0, 0.05) is 17.5 Å². The first-order chi connectivity index (χ1) is 9.04. The average Bonchev–Trinajstić information content (AvgIpc) is 2.98. The van der Waals surface area contributed by atoms with Gasteiger partial charge in [0.1, 0.15) is 0 Å². The largest absolute Gasteiger partial charge is 0.376 e. The fraction of sp³-hybridized carbons (Fsp3) is 1.00. The number of piperidine rings is 1. The van der Waals surface area contributed by atoms with E-state index in [4.69, 9.17) is 4.74 Å². The summed E-state index contributed by atoms with van der Waals surface area (Å²) in [7, 11) is 0. The molecule has 1 N–H and O–H groups in total. The Morgan fingerprint density at radius 2 is 1.95 bits per heavy atom. The summed E-state index contributed by atoms with van der Waals surface area (Å²) in [6.45, 7) is 8.03. The number of fused-ring (bicyclic) bond motifs is 1. The van der Waals surface area contributed by atoms with Gasteiger partial charge in [-0.3, -0.25) is 0 Å². The van der Waals surface area contributed by atoms with Crippen LogP contribution in [0.4, 0.5) is 0 Å². The smallest absolute Gasteiger partial charge is 0.0627 e. The molecule has 2 aliphatic heterocycles. The number of hydrogen-bond acceptors (Lipinski definition) is 2. The third-order valence-electron chi connectivity index (χ3n) is 6.20. The Morgan fingerprint density at radius 3 is 2.63 bits per heavy atom. The molecule has 0 aromatic rings. The lowest BCUT2D eigenvalue weighted by Crippen LogP contribution is -2.56. The van der Waals surface area contributed by atoms with Gasteiger partial charge in [0.15, 0.2) is 0 Å². The zero-order chi connectivity index (χ0) is 13.5. The average molecular weight is 265 g/mol. The Kier molecular flexibility index (Phi) is 3.68. The summed E-state index contributed by atoms with van der Waals surface area (Å²) in [6.07, 6.45) is 11.4. The Hall–Kier alpha value is -0.0800. The normalized spacial score (nSPS) is 37.7. The lowest BCUT2D eigenvalue weighted by atomic mass is 9.74. The molecule has 0 amide bonds. The molecular weight excluding hydrogens is 234 g/mol. The van der Waals surface area contributed by atoms with Crippen molar-refractivity contribution in [2.45, 2.75) is 89.8 Å². The second kappa shape index (κ2) is 5.04. The van der Waals surface area contributed by atoms with Gasteiger partial charge in [-0.15, -0.1) is 0 Å². The van der Waals surface area contributed by atoms with Gasteiger partial charge in [0.2, 0.25) is 0 Å². The minimum absolute atomic E-state index is 0.433. The molecule has 1 saturated carbocycles.